The highest BCUT2D eigenvalue weighted by Gasteiger charge is 2.33. The van der Waals surface area contributed by atoms with Crippen LogP contribution in [0, 0.1) is 5.92 Å². The Kier molecular flexibility index (Phi) is 16.3. The van der Waals surface area contributed by atoms with Crippen LogP contribution in [0.4, 0.5) is 0 Å². The average Bonchev–Trinajstić information content (AvgIpc) is 2.84. The molecule has 230 valence electrons. The second-order valence-electron chi connectivity index (χ2n) is 9.30. The van der Waals surface area contributed by atoms with Crippen LogP contribution in [0.15, 0.2) is 0 Å². The van der Waals surface area contributed by atoms with Gasteiger partial charge in [0.2, 0.25) is 29.5 Å². The zero-order valence-corrected chi connectivity index (χ0v) is 23.2. The van der Waals surface area contributed by atoms with E-state index in [0.29, 0.717) is 0 Å². The molecule has 0 aromatic rings. The molecule has 0 aliphatic carbocycles. The molecule has 0 unspecified atom stereocenters. The van der Waals surface area contributed by atoms with E-state index in [9.17, 15) is 38.4 Å². The molecule has 18 nitrogen and oxygen atoms in total. The highest BCUT2D eigenvalue weighted by molar-refractivity contribution is 7.46. The number of nitrogens with two attached hydrogens (primary N) is 2. The molecule has 0 radical (unpaired) electrons. The third kappa shape index (κ3) is 15.0. The van der Waals surface area contributed by atoms with E-state index >= 15 is 0 Å². The Morgan fingerprint density at radius 2 is 1.40 bits per heavy atom. The molecule has 0 rings (SSSR count). The van der Waals surface area contributed by atoms with Crippen molar-refractivity contribution >= 4 is 43.6 Å². The highest BCUT2D eigenvalue weighted by atomic mass is 31.2. The van der Waals surface area contributed by atoms with Crippen LogP contribution in [0.25, 0.3) is 0 Å². The molecular formula is C21H39N6O12P. The topological polar surface area (TPSA) is 310 Å². The minimum absolute atomic E-state index is 0.0170. The maximum atomic E-state index is 13.1. The summed E-state index contributed by atoms with van der Waals surface area (Å²) in [4.78, 5) is 91.4. The van der Waals surface area contributed by atoms with Crippen LogP contribution in [0.1, 0.15) is 40.0 Å². The summed E-state index contributed by atoms with van der Waals surface area (Å²) in [5.41, 5.74) is 10.7. The lowest BCUT2D eigenvalue weighted by molar-refractivity contribution is -0.135. The Hall–Kier alpha value is -2.99. The Balaban J connectivity index is 6.00. The predicted molar refractivity (Wildman–Crippen MR) is 136 cm³/mol. The summed E-state index contributed by atoms with van der Waals surface area (Å²) >= 11 is 0. The van der Waals surface area contributed by atoms with Crippen molar-refractivity contribution in [1.82, 2.24) is 21.3 Å². The molecule has 12 N–H and O–H groups in total. The van der Waals surface area contributed by atoms with Crippen LogP contribution in [0.3, 0.4) is 0 Å². The minimum atomic E-state index is -5.15. The van der Waals surface area contributed by atoms with E-state index in [1.54, 1.807) is 13.8 Å². The van der Waals surface area contributed by atoms with Crippen molar-refractivity contribution in [2.24, 2.45) is 17.4 Å². The van der Waals surface area contributed by atoms with Crippen LogP contribution in [0.2, 0.25) is 0 Å². The zero-order chi connectivity index (χ0) is 31.2. The summed E-state index contributed by atoms with van der Waals surface area (Å²) in [7, 11) is -5.15. The molecule has 5 amide bonds. The summed E-state index contributed by atoms with van der Waals surface area (Å²) in [5, 5.41) is 27.5. The van der Waals surface area contributed by atoms with E-state index in [0.717, 1.165) is 0 Å². The lowest BCUT2D eigenvalue weighted by Crippen LogP contribution is -2.60. The Morgan fingerprint density at radius 3 is 1.85 bits per heavy atom. The number of primary amides is 1. The standard InChI is InChI=1S/C21H39N6O12P/c1-10(2)6-14(19(33)24-12(7-28)8-29)26-20(34)15(9-39-40(36,37)38)27-18(32)13(4-5-16(22)31)25-21(35)17(23)11(3)30/h7,10-15,17,29-30H,4-6,8-9,23H2,1-3H3,(H2,22,31)(H,24,33)(H,25,35)(H,26,34)(H,27,32)(H2,36,37,38)/t11-,12-,13+,14+,15+,17+/m1/s1. The van der Waals surface area contributed by atoms with Gasteiger partial charge in [0.05, 0.1) is 19.3 Å². The molecule has 0 heterocycles. The second-order valence-corrected chi connectivity index (χ2v) is 10.5. The van der Waals surface area contributed by atoms with Crippen molar-refractivity contribution in [3.8, 4) is 0 Å². The maximum Gasteiger partial charge on any atom is 0.469 e. The molecule has 0 aromatic heterocycles. The van der Waals surface area contributed by atoms with Gasteiger partial charge in [-0.3, -0.25) is 28.5 Å². The van der Waals surface area contributed by atoms with Crippen molar-refractivity contribution in [2.45, 2.75) is 76.3 Å². The van der Waals surface area contributed by atoms with Crippen LogP contribution >= 0.6 is 7.82 Å². The normalized spacial score (nSPS) is 16.0. The Bertz CT molecular complexity index is 943. The number of phosphoric ester groups is 1. The van der Waals surface area contributed by atoms with Crippen LogP contribution in [-0.4, -0.2) is 105 Å². The number of phosphoric acid groups is 1. The molecule has 0 saturated carbocycles. The third-order valence-electron chi connectivity index (χ3n) is 5.21. The fourth-order valence-electron chi connectivity index (χ4n) is 3.05. The van der Waals surface area contributed by atoms with Gasteiger partial charge in [0.15, 0.2) is 0 Å². The SMILES string of the molecule is CC(C)C[C@H](NC(=O)[C@H](COP(=O)(O)O)NC(=O)[C@H](CCC(N)=O)NC(=O)[C@@H](N)[C@@H](C)O)C(=O)N[C@H](C=O)CO. The molecule has 0 saturated heterocycles. The smallest absolute Gasteiger partial charge is 0.394 e. The first-order valence-corrected chi connectivity index (χ1v) is 13.6. The molecule has 0 aromatic carbocycles. The number of aliphatic hydroxyl groups excluding tert-OH is 2. The molecule has 6 atom stereocenters. The van der Waals surface area contributed by atoms with Crippen molar-refractivity contribution in [2.75, 3.05) is 13.2 Å². The van der Waals surface area contributed by atoms with E-state index in [-0.39, 0.29) is 25.0 Å². The minimum Gasteiger partial charge on any atom is -0.394 e. The third-order valence-corrected chi connectivity index (χ3v) is 5.69. The second kappa shape index (κ2) is 17.6. The largest absolute Gasteiger partial charge is 0.469 e. The monoisotopic (exact) mass is 598 g/mol. The molecule has 0 fully saturated rings. The van der Waals surface area contributed by atoms with Gasteiger partial charge in [-0.25, -0.2) is 4.57 Å². The number of carbonyl (C=O) groups excluding carboxylic acids is 6. The van der Waals surface area contributed by atoms with Crippen molar-refractivity contribution in [3.63, 3.8) is 0 Å². The van der Waals surface area contributed by atoms with Gasteiger partial charge in [0.25, 0.3) is 0 Å². The summed E-state index contributed by atoms with van der Waals surface area (Å²) in [5.74, 6) is -5.15. The predicted octanol–water partition coefficient (Wildman–Crippen LogP) is -4.75. The van der Waals surface area contributed by atoms with E-state index in [1.165, 1.54) is 6.92 Å². The lowest BCUT2D eigenvalue weighted by Gasteiger charge is -2.27. The molecule has 0 aliphatic heterocycles. The Morgan fingerprint density at radius 1 is 0.900 bits per heavy atom. The number of aliphatic hydroxyl groups is 2. The van der Waals surface area contributed by atoms with E-state index in [1.807, 2.05) is 0 Å². The number of hydrogen-bond donors (Lipinski definition) is 10. The van der Waals surface area contributed by atoms with Gasteiger partial charge in [-0.15, -0.1) is 0 Å². The first kappa shape index (κ1) is 37.0. The fraction of sp³-hybridized carbons (Fsp3) is 0.714. The van der Waals surface area contributed by atoms with Crippen molar-refractivity contribution in [3.05, 3.63) is 0 Å². The number of hydrogen-bond acceptors (Lipinski definition) is 11. The van der Waals surface area contributed by atoms with E-state index in [2.05, 4.69) is 25.8 Å². The molecule has 19 heteroatoms. The summed E-state index contributed by atoms with van der Waals surface area (Å²) in [6.45, 7) is 2.81. The van der Waals surface area contributed by atoms with Crippen LogP contribution in [-0.2, 0) is 37.9 Å². The summed E-state index contributed by atoms with van der Waals surface area (Å²) < 4.78 is 15.6. The molecule has 0 aliphatic rings. The van der Waals surface area contributed by atoms with Crippen LogP contribution < -0.4 is 32.7 Å². The van der Waals surface area contributed by atoms with Gasteiger partial charge in [-0.05, 0) is 25.7 Å². The van der Waals surface area contributed by atoms with Crippen LogP contribution in [0.5, 0.6) is 0 Å². The van der Waals surface area contributed by atoms with Gasteiger partial charge in [-0.2, -0.15) is 0 Å². The first-order chi connectivity index (χ1) is 18.4. The molecule has 0 bridgehead atoms. The number of rotatable bonds is 19. The summed E-state index contributed by atoms with van der Waals surface area (Å²) in [6, 6.07) is -7.44. The number of nitrogens with one attached hydrogen (secondary N) is 4. The molecule has 0 spiro atoms. The van der Waals surface area contributed by atoms with Crippen molar-refractivity contribution < 1.29 is 57.9 Å². The van der Waals surface area contributed by atoms with Gasteiger partial charge >= 0.3 is 7.82 Å². The first-order valence-electron chi connectivity index (χ1n) is 12.1. The fourth-order valence-corrected chi connectivity index (χ4v) is 3.39. The lowest BCUT2D eigenvalue weighted by atomic mass is 10.0. The van der Waals surface area contributed by atoms with E-state index in [4.69, 9.17) is 26.4 Å². The maximum absolute atomic E-state index is 13.1. The Labute approximate surface area is 230 Å². The van der Waals surface area contributed by atoms with Crippen molar-refractivity contribution in [1.29, 1.82) is 0 Å². The number of amides is 5. The highest BCUT2D eigenvalue weighted by Crippen LogP contribution is 2.35. The van der Waals surface area contributed by atoms with Gasteiger partial charge in [-0.1, -0.05) is 13.8 Å². The number of carbonyl (C=O) groups is 6. The zero-order valence-electron chi connectivity index (χ0n) is 22.3. The molecular weight excluding hydrogens is 559 g/mol. The van der Waals surface area contributed by atoms with E-state index < -0.39 is 93.3 Å². The van der Waals surface area contributed by atoms with Gasteiger partial charge in [0.1, 0.15) is 36.5 Å². The average molecular weight is 599 g/mol. The van der Waals surface area contributed by atoms with Gasteiger partial charge in [0, 0.05) is 6.42 Å². The quantitative estimate of drug-likeness (QED) is 0.0494. The number of aldehydes is 1. The van der Waals surface area contributed by atoms with Gasteiger partial charge < -0.3 is 57.5 Å². The molecule has 40 heavy (non-hydrogen) atoms. The summed E-state index contributed by atoms with van der Waals surface area (Å²) in [6.07, 6.45) is -1.81.